The predicted molar refractivity (Wildman–Crippen MR) is 117 cm³/mol. The van der Waals surface area contributed by atoms with Crippen molar-refractivity contribution in [3.05, 3.63) is 58.1 Å². The summed E-state index contributed by atoms with van der Waals surface area (Å²) < 4.78 is 15.8. The van der Waals surface area contributed by atoms with Crippen LogP contribution in [0.25, 0.3) is 0 Å². The molecule has 0 aliphatic carbocycles. The topological polar surface area (TPSA) is 120 Å². The Morgan fingerprint density at radius 2 is 1.88 bits per heavy atom. The van der Waals surface area contributed by atoms with Crippen molar-refractivity contribution in [2.45, 2.75) is 25.9 Å². The number of nitrogens with zero attached hydrogens (tertiary/aromatic N) is 2. The third-order valence-corrected chi connectivity index (χ3v) is 4.83. The zero-order chi connectivity index (χ0) is 23.7. The minimum absolute atomic E-state index is 0.0185. The van der Waals surface area contributed by atoms with Gasteiger partial charge in [-0.05, 0) is 30.2 Å². The van der Waals surface area contributed by atoms with E-state index in [9.17, 15) is 19.7 Å². The normalized spacial score (nSPS) is 11.2. The van der Waals surface area contributed by atoms with Crippen LogP contribution in [0.15, 0.2) is 42.5 Å². The first-order chi connectivity index (χ1) is 15.3. The van der Waals surface area contributed by atoms with E-state index < -0.39 is 16.9 Å². The molecular weight excluding hydrogens is 418 g/mol. The molecule has 0 saturated heterocycles. The van der Waals surface area contributed by atoms with Crippen molar-refractivity contribution in [3.8, 4) is 17.2 Å². The number of ether oxygens (including phenoxy) is 3. The van der Waals surface area contributed by atoms with Crippen molar-refractivity contribution in [3.63, 3.8) is 0 Å². The van der Waals surface area contributed by atoms with Gasteiger partial charge in [0.2, 0.25) is 11.7 Å². The minimum atomic E-state index is -0.700. The molecule has 0 aliphatic rings. The van der Waals surface area contributed by atoms with Gasteiger partial charge in [-0.3, -0.25) is 19.7 Å². The Morgan fingerprint density at radius 3 is 2.47 bits per heavy atom. The quantitative estimate of drug-likeness (QED) is 0.417. The number of nitrogens with one attached hydrogen (secondary N) is 1. The predicted octanol–water partition coefficient (Wildman–Crippen LogP) is 2.54. The van der Waals surface area contributed by atoms with Crippen LogP contribution in [0.1, 0.15) is 18.9 Å². The highest BCUT2D eigenvalue weighted by atomic mass is 16.6. The number of rotatable bonds is 11. The van der Waals surface area contributed by atoms with Gasteiger partial charge in [-0.2, -0.15) is 0 Å². The van der Waals surface area contributed by atoms with Crippen LogP contribution < -0.4 is 19.5 Å². The molecule has 1 N–H and O–H groups in total. The second kappa shape index (κ2) is 11.5. The molecule has 0 radical (unpaired) electrons. The highest BCUT2D eigenvalue weighted by Crippen LogP contribution is 2.30. The second-order valence-electron chi connectivity index (χ2n) is 6.79. The summed E-state index contributed by atoms with van der Waals surface area (Å²) in [7, 11) is 4.37. The van der Waals surface area contributed by atoms with Crippen LogP contribution >= 0.6 is 0 Å². The molecule has 0 aliphatic heterocycles. The van der Waals surface area contributed by atoms with Gasteiger partial charge in [0.25, 0.3) is 5.91 Å². The fraction of sp³-hybridized carbons (Fsp3) is 0.364. The summed E-state index contributed by atoms with van der Waals surface area (Å²) in [6.07, 6.45) is 0.404. The highest BCUT2D eigenvalue weighted by Gasteiger charge is 2.28. The third-order valence-electron chi connectivity index (χ3n) is 4.83. The van der Waals surface area contributed by atoms with Crippen LogP contribution in [0, 0.1) is 10.1 Å². The van der Waals surface area contributed by atoms with Crippen LogP contribution in [0.3, 0.4) is 0 Å². The Bertz CT molecular complexity index is 964. The summed E-state index contributed by atoms with van der Waals surface area (Å²) in [6.45, 7) is 1.63. The molecule has 2 amide bonds. The van der Waals surface area contributed by atoms with Crippen molar-refractivity contribution in [1.29, 1.82) is 0 Å². The van der Waals surface area contributed by atoms with E-state index in [4.69, 9.17) is 14.2 Å². The molecule has 32 heavy (non-hydrogen) atoms. The molecule has 2 rings (SSSR count). The molecule has 0 heterocycles. The Kier molecular flexibility index (Phi) is 8.82. The van der Waals surface area contributed by atoms with Crippen molar-refractivity contribution in [2.24, 2.45) is 0 Å². The van der Waals surface area contributed by atoms with Crippen LogP contribution in [0.5, 0.6) is 17.2 Å². The SMILES string of the molecule is CCC(C(=O)NC)N(Cc1cccc(OC)c1)C(=O)COc1ccc([N+](=O)[O-])c(OC)c1. The number of hydrogen-bond acceptors (Lipinski definition) is 7. The van der Waals surface area contributed by atoms with Crippen LogP contribution in [0.2, 0.25) is 0 Å². The highest BCUT2D eigenvalue weighted by molar-refractivity contribution is 5.88. The van der Waals surface area contributed by atoms with Crippen molar-refractivity contribution >= 4 is 17.5 Å². The Hall–Kier alpha value is -3.82. The first-order valence-electron chi connectivity index (χ1n) is 9.93. The average Bonchev–Trinajstić information content (AvgIpc) is 2.81. The summed E-state index contributed by atoms with van der Waals surface area (Å²) in [5.41, 5.74) is 0.577. The molecule has 2 aromatic rings. The number of amides is 2. The number of likely N-dealkylation sites (N-methyl/N-ethyl adjacent to an activating group) is 1. The zero-order valence-corrected chi connectivity index (χ0v) is 18.5. The van der Waals surface area contributed by atoms with Crippen molar-refractivity contribution in [2.75, 3.05) is 27.9 Å². The van der Waals surface area contributed by atoms with Gasteiger partial charge in [0.05, 0.1) is 19.1 Å². The number of nitro groups is 1. The summed E-state index contributed by atoms with van der Waals surface area (Å²) >= 11 is 0. The average molecular weight is 445 g/mol. The first kappa shape index (κ1) is 24.4. The van der Waals surface area contributed by atoms with Gasteiger partial charge in [-0.15, -0.1) is 0 Å². The molecular formula is C22H27N3O7. The van der Waals surface area contributed by atoms with E-state index in [1.807, 2.05) is 13.0 Å². The fourth-order valence-electron chi connectivity index (χ4n) is 3.18. The number of carbonyl (C=O) groups excluding carboxylic acids is 2. The summed E-state index contributed by atoms with van der Waals surface area (Å²) in [4.78, 5) is 37.4. The lowest BCUT2D eigenvalue weighted by atomic mass is 10.1. The molecule has 1 unspecified atom stereocenters. The van der Waals surface area contributed by atoms with Gasteiger partial charge in [0, 0.05) is 25.7 Å². The van der Waals surface area contributed by atoms with Crippen LogP contribution in [-0.4, -0.2) is 55.6 Å². The lowest BCUT2D eigenvalue weighted by Gasteiger charge is -2.30. The number of nitro benzene ring substituents is 1. The number of benzene rings is 2. The first-order valence-corrected chi connectivity index (χ1v) is 9.93. The number of hydrogen-bond donors (Lipinski definition) is 1. The molecule has 10 heteroatoms. The van der Waals surface area contributed by atoms with Gasteiger partial charge < -0.3 is 24.4 Å². The molecule has 2 aromatic carbocycles. The zero-order valence-electron chi connectivity index (χ0n) is 18.5. The monoisotopic (exact) mass is 445 g/mol. The van der Waals surface area contributed by atoms with E-state index in [2.05, 4.69) is 5.32 Å². The van der Waals surface area contributed by atoms with E-state index in [-0.39, 0.29) is 36.2 Å². The molecule has 10 nitrogen and oxygen atoms in total. The van der Waals surface area contributed by atoms with Crippen molar-refractivity contribution in [1.82, 2.24) is 10.2 Å². The van der Waals surface area contributed by atoms with Crippen LogP contribution in [0.4, 0.5) is 5.69 Å². The maximum Gasteiger partial charge on any atom is 0.311 e. The van der Waals surface area contributed by atoms with E-state index in [1.165, 1.54) is 37.3 Å². The molecule has 0 fully saturated rings. The van der Waals surface area contributed by atoms with Gasteiger partial charge in [0.15, 0.2) is 6.61 Å². The molecule has 172 valence electrons. The van der Waals surface area contributed by atoms with Crippen LogP contribution in [-0.2, 0) is 16.1 Å². The van der Waals surface area contributed by atoms with Gasteiger partial charge >= 0.3 is 5.69 Å². The molecule has 0 spiro atoms. The lowest BCUT2D eigenvalue weighted by Crippen LogP contribution is -2.49. The molecule has 0 aromatic heterocycles. The largest absolute Gasteiger partial charge is 0.497 e. The maximum absolute atomic E-state index is 13.1. The molecule has 0 bridgehead atoms. The lowest BCUT2D eigenvalue weighted by molar-refractivity contribution is -0.385. The smallest absolute Gasteiger partial charge is 0.311 e. The molecule has 0 saturated carbocycles. The number of carbonyl (C=O) groups is 2. The van der Waals surface area contributed by atoms with E-state index in [1.54, 1.807) is 25.3 Å². The Labute approximate surface area is 186 Å². The Morgan fingerprint density at radius 1 is 1.12 bits per heavy atom. The van der Waals surface area contributed by atoms with E-state index in [0.717, 1.165) is 5.56 Å². The van der Waals surface area contributed by atoms with Gasteiger partial charge in [-0.1, -0.05) is 19.1 Å². The van der Waals surface area contributed by atoms with Gasteiger partial charge in [0.1, 0.15) is 17.5 Å². The van der Waals surface area contributed by atoms with E-state index in [0.29, 0.717) is 12.2 Å². The van der Waals surface area contributed by atoms with E-state index >= 15 is 0 Å². The standard InChI is InChI=1S/C22H27N3O7/c1-5-18(22(27)23-2)24(13-15-7-6-8-16(11-15)30-3)21(26)14-32-17-9-10-19(25(28)29)20(12-17)31-4/h6-12,18H,5,13-14H2,1-4H3,(H,23,27). The van der Waals surface area contributed by atoms with Crippen molar-refractivity contribution < 1.29 is 28.7 Å². The number of methoxy groups -OCH3 is 2. The maximum atomic E-state index is 13.1. The van der Waals surface area contributed by atoms with Gasteiger partial charge in [-0.25, -0.2) is 0 Å². The summed E-state index contributed by atoms with van der Waals surface area (Å²) in [6, 6.07) is 10.5. The second-order valence-corrected chi connectivity index (χ2v) is 6.79. The fourth-order valence-corrected chi connectivity index (χ4v) is 3.18. The Balaban J connectivity index is 2.23. The summed E-state index contributed by atoms with van der Waals surface area (Å²) in [5.74, 6) is 0.179. The third kappa shape index (κ3) is 6.10. The molecule has 1 atom stereocenters. The minimum Gasteiger partial charge on any atom is -0.497 e. The summed E-state index contributed by atoms with van der Waals surface area (Å²) in [5, 5.41) is 13.6.